The fourth-order valence-electron chi connectivity index (χ4n) is 2.65. The third-order valence-corrected chi connectivity index (χ3v) is 5.06. The third kappa shape index (κ3) is 2.98. The van der Waals surface area contributed by atoms with E-state index in [1.54, 1.807) is 11.3 Å². The molecular weight excluding hydrogens is 298 g/mol. The third-order valence-electron chi connectivity index (χ3n) is 3.64. The smallest absolute Gasteiger partial charge is 0.0692 e. The minimum atomic E-state index is 0.156. The number of hydrogen-bond acceptors (Lipinski definition) is 2. The van der Waals surface area contributed by atoms with Crippen LogP contribution in [0.4, 0.5) is 0 Å². The summed E-state index contributed by atoms with van der Waals surface area (Å²) in [4.78, 5) is 1.20. The van der Waals surface area contributed by atoms with Gasteiger partial charge < -0.3 is 5.32 Å². The van der Waals surface area contributed by atoms with Gasteiger partial charge in [0.05, 0.1) is 11.1 Å². The number of fused-ring (bicyclic) bond motifs is 1. The van der Waals surface area contributed by atoms with Gasteiger partial charge in [0.2, 0.25) is 0 Å². The standard InChI is InChI=1S/C18H18ClNS/c1-2-11-20-17(18-16(19)10-12-21-18)15-9-5-7-13-6-3-4-8-14(13)15/h3-10,12,17,20H,2,11H2,1H3. The number of benzene rings is 2. The van der Waals surface area contributed by atoms with Crippen molar-refractivity contribution in [2.75, 3.05) is 6.54 Å². The van der Waals surface area contributed by atoms with Crippen LogP contribution in [0, 0.1) is 0 Å². The molecular formula is C18H18ClNS. The summed E-state index contributed by atoms with van der Waals surface area (Å²) < 4.78 is 0. The van der Waals surface area contributed by atoms with Crippen molar-refractivity contribution in [2.45, 2.75) is 19.4 Å². The molecule has 1 nitrogen and oxygen atoms in total. The first-order valence-electron chi connectivity index (χ1n) is 7.25. The minimum absolute atomic E-state index is 0.156. The molecule has 2 aromatic carbocycles. The lowest BCUT2D eigenvalue weighted by molar-refractivity contribution is 0.609. The van der Waals surface area contributed by atoms with Gasteiger partial charge in [0.15, 0.2) is 0 Å². The van der Waals surface area contributed by atoms with E-state index in [1.165, 1.54) is 21.2 Å². The Bertz CT molecular complexity index is 729. The van der Waals surface area contributed by atoms with Gasteiger partial charge in [0.1, 0.15) is 0 Å². The highest BCUT2D eigenvalue weighted by atomic mass is 35.5. The van der Waals surface area contributed by atoms with Gasteiger partial charge in [-0.2, -0.15) is 0 Å². The summed E-state index contributed by atoms with van der Waals surface area (Å²) in [6.45, 7) is 3.16. The van der Waals surface area contributed by atoms with Crippen LogP contribution < -0.4 is 5.32 Å². The molecule has 0 saturated carbocycles. The van der Waals surface area contributed by atoms with Crippen molar-refractivity contribution in [3.8, 4) is 0 Å². The quantitative estimate of drug-likeness (QED) is 0.642. The lowest BCUT2D eigenvalue weighted by Crippen LogP contribution is -2.22. The van der Waals surface area contributed by atoms with Crippen molar-refractivity contribution in [3.63, 3.8) is 0 Å². The second-order valence-electron chi connectivity index (χ2n) is 5.09. The molecule has 1 N–H and O–H groups in total. The van der Waals surface area contributed by atoms with Gasteiger partial charge in [0, 0.05) is 4.88 Å². The Morgan fingerprint density at radius 1 is 1.10 bits per heavy atom. The van der Waals surface area contributed by atoms with Crippen molar-refractivity contribution in [1.82, 2.24) is 5.32 Å². The Hall–Kier alpha value is -1.35. The number of thiophene rings is 1. The first kappa shape index (κ1) is 14.6. The summed E-state index contributed by atoms with van der Waals surface area (Å²) in [5.41, 5.74) is 1.30. The molecule has 0 aliphatic rings. The predicted molar refractivity (Wildman–Crippen MR) is 93.4 cm³/mol. The van der Waals surface area contributed by atoms with Crippen LogP contribution in [-0.4, -0.2) is 6.54 Å². The van der Waals surface area contributed by atoms with E-state index in [9.17, 15) is 0 Å². The van der Waals surface area contributed by atoms with E-state index in [1.807, 2.05) is 6.07 Å². The van der Waals surface area contributed by atoms with E-state index in [2.05, 4.69) is 60.1 Å². The molecule has 0 aliphatic heterocycles. The van der Waals surface area contributed by atoms with Crippen LogP contribution in [0.5, 0.6) is 0 Å². The Labute approximate surface area is 134 Å². The molecule has 0 aliphatic carbocycles. The molecule has 21 heavy (non-hydrogen) atoms. The van der Waals surface area contributed by atoms with Crippen molar-refractivity contribution in [2.24, 2.45) is 0 Å². The summed E-state index contributed by atoms with van der Waals surface area (Å²) in [7, 11) is 0. The van der Waals surface area contributed by atoms with Gasteiger partial charge in [-0.3, -0.25) is 0 Å². The highest BCUT2D eigenvalue weighted by Crippen LogP contribution is 2.35. The molecule has 1 heterocycles. The lowest BCUT2D eigenvalue weighted by atomic mass is 9.97. The molecule has 108 valence electrons. The van der Waals surface area contributed by atoms with Gasteiger partial charge in [-0.25, -0.2) is 0 Å². The SMILES string of the molecule is CCCNC(c1sccc1Cl)c1cccc2ccccc12. The molecule has 0 radical (unpaired) electrons. The van der Waals surface area contributed by atoms with Gasteiger partial charge in [-0.1, -0.05) is 61.0 Å². The van der Waals surface area contributed by atoms with Crippen molar-refractivity contribution < 1.29 is 0 Å². The normalized spacial score (nSPS) is 12.7. The van der Waals surface area contributed by atoms with Crippen LogP contribution in [0.2, 0.25) is 5.02 Å². The second kappa shape index (κ2) is 6.61. The topological polar surface area (TPSA) is 12.0 Å². The summed E-state index contributed by atoms with van der Waals surface area (Å²) >= 11 is 8.10. The molecule has 0 amide bonds. The van der Waals surface area contributed by atoms with E-state index < -0.39 is 0 Å². The molecule has 0 fully saturated rings. The van der Waals surface area contributed by atoms with Crippen molar-refractivity contribution in [3.05, 3.63) is 69.4 Å². The zero-order valence-corrected chi connectivity index (χ0v) is 13.5. The minimum Gasteiger partial charge on any atom is -0.306 e. The maximum absolute atomic E-state index is 6.38. The summed E-state index contributed by atoms with van der Waals surface area (Å²) in [6, 6.07) is 17.1. The highest BCUT2D eigenvalue weighted by molar-refractivity contribution is 7.10. The maximum atomic E-state index is 6.38. The first-order chi connectivity index (χ1) is 10.3. The Balaban J connectivity index is 2.12. The van der Waals surface area contributed by atoms with E-state index >= 15 is 0 Å². The van der Waals surface area contributed by atoms with Crippen molar-refractivity contribution in [1.29, 1.82) is 0 Å². The monoisotopic (exact) mass is 315 g/mol. The Morgan fingerprint density at radius 3 is 2.67 bits per heavy atom. The average Bonchev–Trinajstić information content (AvgIpc) is 2.94. The average molecular weight is 316 g/mol. The lowest BCUT2D eigenvalue weighted by Gasteiger charge is -2.20. The zero-order valence-electron chi connectivity index (χ0n) is 12.0. The molecule has 1 atom stereocenters. The van der Waals surface area contributed by atoms with Crippen molar-refractivity contribution >= 4 is 33.7 Å². The highest BCUT2D eigenvalue weighted by Gasteiger charge is 2.19. The Morgan fingerprint density at radius 2 is 1.90 bits per heavy atom. The fourth-order valence-corrected chi connectivity index (χ4v) is 3.90. The number of nitrogens with one attached hydrogen (secondary N) is 1. The Kier molecular flexibility index (Phi) is 4.59. The van der Waals surface area contributed by atoms with E-state index in [-0.39, 0.29) is 6.04 Å². The molecule has 0 saturated heterocycles. The molecule has 0 bridgehead atoms. The van der Waals surface area contributed by atoms with Gasteiger partial charge in [-0.05, 0) is 40.7 Å². The fraction of sp³-hybridized carbons (Fsp3) is 0.222. The van der Waals surface area contributed by atoms with E-state index in [0.29, 0.717) is 0 Å². The van der Waals surface area contributed by atoms with Gasteiger partial charge in [0.25, 0.3) is 0 Å². The van der Waals surface area contributed by atoms with E-state index in [0.717, 1.165) is 18.0 Å². The summed E-state index contributed by atoms with van der Waals surface area (Å²) in [5.74, 6) is 0. The molecule has 3 aromatic rings. The second-order valence-corrected chi connectivity index (χ2v) is 6.44. The van der Waals surface area contributed by atoms with Gasteiger partial charge >= 0.3 is 0 Å². The summed E-state index contributed by atoms with van der Waals surface area (Å²) in [6.07, 6.45) is 1.10. The maximum Gasteiger partial charge on any atom is 0.0692 e. The van der Waals surface area contributed by atoms with Crippen LogP contribution in [0.15, 0.2) is 53.9 Å². The van der Waals surface area contributed by atoms with Crippen LogP contribution in [-0.2, 0) is 0 Å². The largest absolute Gasteiger partial charge is 0.306 e. The molecule has 1 unspecified atom stereocenters. The predicted octanol–water partition coefficient (Wildman–Crippen LogP) is 5.64. The first-order valence-corrected chi connectivity index (χ1v) is 8.51. The molecule has 1 aromatic heterocycles. The molecule has 3 rings (SSSR count). The summed E-state index contributed by atoms with van der Waals surface area (Å²) in [5, 5.41) is 9.11. The molecule has 3 heteroatoms. The number of halogens is 1. The van der Waals surface area contributed by atoms with Crippen LogP contribution >= 0.6 is 22.9 Å². The van der Waals surface area contributed by atoms with Crippen LogP contribution in [0.3, 0.4) is 0 Å². The number of hydrogen-bond donors (Lipinski definition) is 1. The number of rotatable bonds is 5. The molecule has 0 spiro atoms. The van der Waals surface area contributed by atoms with E-state index in [4.69, 9.17) is 11.6 Å². The van der Waals surface area contributed by atoms with Gasteiger partial charge in [-0.15, -0.1) is 11.3 Å². The zero-order chi connectivity index (χ0) is 14.7. The van der Waals surface area contributed by atoms with Crippen LogP contribution in [0.25, 0.3) is 10.8 Å². The van der Waals surface area contributed by atoms with Crippen LogP contribution in [0.1, 0.15) is 29.8 Å².